The maximum Gasteiger partial charge on any atom is 0.305 e. The molecule has 2 aromatic rings. The van der Waals surface area contributed by atoms with Crippen molar-refractivity contribution in [2.45, 2.75) is 45.1 Å². The van der Waals surface area contributed by atoms with E-state index in [0.717, 1.165) is 18.4 Å². The number of aryl methyl sites for hydroxylation is 1. The first kappa shape index (κ1) is 27.8. The number of carbonyl (C=O) groups excluding carboxylic acids is 4. The third-order valence-corrected chi connectivity index (χ3v) is 6.06. The Morgan fingerprint density at radius 2 is 1.59 bits per heavy atom. The molecule has 0 saturated carbocycles. The van der Waals surface area contributed by atoms with E-state index in [1.54, 1.807) is 4.90 Å². The summed E-state index contributed by atoms with van der Waals surface area (Å²) in [5.74, 6) is -1.71. The fourth-order valence-electron chi connectivity index (χ4n) is 3.92. The molecule has 3 N–H and O–H groups in total. The Morgan fingerprint density at radius 3 is 2.30 bits per heavy atom. The van der Waals surface area contributed by atoms with Crippen LogP contribution in [0.1, 0.15) is 43.2 Å². The van der Waals surface area contributed by atoms with Crippen LogP contribution in [-0.2, 0) is 36.9 Å². The van der Waals surface area contributed by atoms with Gasteiger partial charge in [-0.25, -0.2) is 0 Å². The van der Waals surface area contributed by atoms with Crippen molar-refractivity contribution in [1.29, 1.82) is 0 Å². The van der Waals surface area contributed by atoms with Gasteiger partial charge in [0.1, 0.15) is 0 Å². The van der Waals surface area contributed by atoms with E-state index in [4.69, 9.17) is 17.0 Å². The van der Waals surface area contributed by atoms with Crippen molar-refractivity contribution >= 4 is 41.0 Å². The van der Waals surface area contributed by atoms with Crippen LogP contribution in [0.15, 0.2) is 60.7 Å². The van der Waals surface area contributed by atoms with Gasteiger partial charge in [-0.2, -0.15) is 0 Å². The molecule has 0 radical (unpaired) electrons. The SMILES string of the molecule is O=C(CCCC(=O)OCCCc1ccccc1)NC(=S)NNC(=O)C1CC(=O)N(Cc2ccccc2)C1. The van der Waals surface area contributed by atoms with E-state index >= 15 is 0 Å². The zero-order valence-corrected chi connectivity index (χ0v) is 21.4. The summed E-state index contributed by atoms with van der Waals surface area (Å²) in [7, 11) is 0. The summed E-state index contributed by atoms with van der Waals surface area (Å²) < 4.78 is 5.20. The monoisotopic (exact) mass is 524 g/mol. The predicted molar refractivity (Wildman–Crippen MR) is 142 cm³/mol. The van der Waals surface area contributed by atoms with Gasteiger partial charge in [0.15, 0.2) is 5.11 Å². The molecule has 1 unspecified atom stereocenters. The van der Waals surface area contributed by atoms with Gasteiger partial charge in [0, 0.05) is 32.4 Å². The Kier molecular flexibility index (Phi) is 11.0. The van der Waals surface area contributed by atoms with Crippen LogP contribution in [0.2, 0.25) is 0 Å². The lowest BCUT2D eigenvalue weighted by molar-refractivity contribution is -0.144. The van der Waals surface area contributed by atoms with E-state index in [2.05, 4.69) is 16.2 Å². The Labute approximate surface area is 221 Å². The van der Waals surface area contributed by atoms with Crippen LogP contribution in [0, 0.1) is 5.92 Å². The number of rotatable bonds is 11. The summed E-state index contributed by atoms with van der Waals surface area (Å²) in [5, 5.41) is 2.39. The van der Waals surface area contributed by atoms with Crippen molar-refractivity contribution in [1.82, 2.24) is 21.1 Å². The molecule has 0 aromatic heterocycles. The van der Waals surface area contributed by atoms with Crippen LogP contribution in [0.25, 0.3) is 0 Å². The number of benzene rings is 2. The molecular formula is C27H32N4O5S. The number of likely N-dealkylation sites (tertiary alicyclic amines) is 1. The lowest BCUT2D eigenvalue weighted by Gasteiger charge is -2.17. The highest BCUT2D eigenvalue weighted by atomic mass is 32.1. The number of nitrogens with one attached hydrogen (secondary N) is 3. The molecule has 9 nitrogen and oxygen atoms in total. The summed E-state index contributed by atoms with van der Waals surface area (Å²) in [4.78, 5) is 50.3. The summed E-state index contributed by atoms with van der Waals surface area (Å²) in [6.07, 6.45) is 2.22. The zero-order chi connectivity index (χ0) is 26.5. The molecular weight excluding hydrogens is 492 g/mol. The Balaban J connectivity index is 1.24. The highest BCUT2D eigenvalue weighted by Crippen LogP contribution is 2.20. The Morgan fingerprint density at radius 1 is 0.919 bits per heavy atom. The lowest BCUT2D eigenvalue weighted by Crippen LogP contribution is -2.50. The summed E-state index contributed by atoms with van der Waals surface area (Å²) in [5.41, 5.74) is 7.13. The molecule has 1 atom stereocenters. The number of amides is 3. The first-order valence-corrected chi connectivity index (χ1v) is 12.7. The van der Waals surface area contributed by atoms with Gasteiger partial charge in [-0.1, -0.05) is 60.7 Å². The Hall–Kier alpha value is -3.79. The number of ether oxygens (including phenoxy) is 1. The molecule has 1 aliphatic rings. The van der Waals surface area contributed by atoms with Crippen LogP contribution >= 0.6 is 12.2 Å². The van der Waals surface area contributed by atoms with Gasteiger partial charge in [-0.15, -0.1) is 0 Å². The van der Waals surface area contributed by atoms with Gasteiger partial charge >= 0.3 is 5.97 Å². The molecule has 0 spiro atoms. The van der Waals surface area contributed by atoms with E-state index in [0.29, 0.717) is 26.1 Å². The standard InChI is InChI=1S/C27H32N4O5S/c32-23(14-7-15-25(34)36-16-8-13-20-9-3-1-4-10-20)28-27(37)30-29-26(35)22-17-24(33)31(19-22)18-21-11-5-2-6-12-21/h1-6,9-12,22H,7-8,13-19H2,(H,29,35)(H2,28,30,32,37). The first-order chi connectivity index (χ1) is 17.9. The van der Waals surface area contributed by atoms with Crippen molar-refractivity contribution in [2.75, 3.05) is 13.2 Å². The number of hydrogen-bond acceptors (Lipinski definition) is 6. The van der Waals surface area contributed by atoms with Gasteiger partial charge < -0.3 is 15.0 Å². The largest absolute Gasteiger partial charge is 0.466 e. The number of carbonyl (C=O) groups is 4. The fourth-order valence-corrected chi connectivity index (χ4v) is 4.08. The quantitative estimate of drug-likeness (QED) is 0.179. The van der Waals surface area contributed by atoms with Gasteiger partial charge in [0.2, 0.25) is 17.7 Å². The van der Waals surface area contributed by atoms with Gasteiger partial charge in [-0.3, -0.25) is 30.0 Å². The molecule has 0 aliphatic carbocycles. The molecule has 1 aliphatic heterocycles. The maximum absolute atomic E-state index is 12.4. The molecule has 37 heavy (non-hydrogen) atoms. The number of esters is 1. The fraction of sp³-hybridized carbons (Fsp3) is 0.370. The van der Waals surface area contributed by atoms with E-state index in [9.17, 15) is 19.2 Å². The van der Waals surface area contributed by atoms with Crippen molar-refractivity contribution in [3.05, 3.63) is 71.8 Å². The molecule has 2 aromatic carbocycles. The van der Waals surface area contributed by atoms with Crippen LogP contribution in [-0.4, -0.2) is 46.9 Å². The van der Waals surface area contributed by atoms with Gasteiger partial charge in [-0.05, 0) is 42.6 Å². The number of hydrogen-bond donors (Lipinski definition) is 3. The van der Waals surface area contributed by atoms with Gasteiger partial charge in [0.05, 0.1) is 12.5 Å². The van der Waals surface area contributed by atoms with Crippen LogP contribution in [0.4, 0.5) is 0 Å². The second-order valence-electron chi connectivity index (χ2n) is 8.82. The van der Waals surface area contributed by atoms with E-state index in [-0.39, 0.29) is 48.1 Å². The van der Waals surface area contributed by atoms with Crippen molar-refractivity contribution < 1.29 is 23.9 Å². The average molecular weight is 525 g/mol. The number of nitrogens with zero attached hydrogens (tertiary/aromatic N) is 1. The third-order valence-electron chi connectivity index (χ3n) is 5.85. The normalized spacial score (nSPS) is 14.6. The second-order valence-corrected chi connectivity index (χ2v) is 9.22. The van der Waals surface area contributed by atoms with Crippen LogP contribution in [0.3, 0.4) is 0 Å². The molecule has 3 rings (SSSR count). The third kappa shape index (κ3) is 10.0. The van der Waals surface area contributed by atoms with E-state index in [1.807, 2.05) is 60.7 Å². The number of thiocarbonyl (C=S) groups is 1. The molecule has 1 saturated heterocycles. The molecule has 10 heteroatoms. The minimum Gasteiger partial charge on any atom is -0.466 e. The molecule has 0 bridgehead atoms. The minimum atomic E-state index is -0.513. The van der Waals surface area contributed by atoms with Crippen LogP contribution < -0.4 is 16.2 Å². The molecule has 1 fully saturated rings. The predicted octanol–water partition coefficient (Wildman–Crippen LogP) is 2.40. The zero-order valence-electron chi connectivity index (χ0n) is 20.6. The van der Waals surface area contributed by atoms with Gasteiger partial charge in [0.25, 0.3) is 0 Å². The summed E-state index contributed by atoms with van der Waals surface area (Å²) in [6.45, 7) is 1.10. The summed E-state index contributed by atoms with van der Waals surface area (Å²) >= 11 is 5.04. The van der Waals surface area contributed by atoms with Crippen molar-refractivity contribution in [3.8, 4) is 0 Å². The summed E-state index contributed by atoms with van der Waals surface area (Å²) in [6, 6.07) is 19.5. The Bertz CT molecular complexity index is 1080. The maximum atomic E-state index is 12.4. The highest BCUT2D eigenvalue weighted by molar-refractivity contribution is 7.80. The molecule has 1 heterocycles. The van der Waals surface area contributed by atoms with E-state index in [1.165, 1.54) is 5.56 Å². The molecule has 3 amide bonds. The van der Waals surface area contributed by atoms with Crippen LogP contribution in [0.5, 0.6) is 0 Å². The van der Waals surface area contributed by atoms with Crippen molar-refractivity contribution in [3.63, 3.8) is 0 Å². The topological polar surface area (TPSA) is 117 Å². The minimum absolute atomic E-state index is 0.0627. The second kappa shape index (κ2) is 14.7. The van der Waals surface area contributed by atoms with Crippen molar-refractivity contribution in [2.24, 2.45) is 5.92 Å². The number of hydrazine groups is 1. The first-order valence-electron chi connectivity index (χ1n) is 12.3. The van der Waals surface area contributed by atoms with E-state index < -0.39 is 5.92 Å². The lowest BCUT2D eigenvalue weighted by atomic mass is 10.1. The smallest absolute Gasteiger partial charge is 0.305 e. The average Bonchev–Trinajstić information content (AvgIpc) is 3.26. The highest BCUT2D eigenvalue weighted by Gasteiger charge is 2.34. The molecule has 196 valence electrons.